The Kier molecular flexibility index (Phi) is 4.24. The number of fused-ring (bicyclic) bond motifs is 1. The number of aromatic nitrogens is 2. The third kappa shape index (κ3) is 3.03. The van der Waals surface area contributed by atoms with Gasteiger partial charge < -0.3 is 4.42 Å². The van der Waals surface area contributed by atoms with Gasteiger partial charge in [-0.15, -0.1) is 11.8 Å². The van der Waals surface area contributed by atoms with E-state index in [4.69, 9.17) is 16.0 Å². The van der Waals surface area contributed by atoms with E-state index in [9.17, 15) is 0 Å². The molecule has 118 valence electrons. The third-order valence-corrected chi connectivity index (χ3v) is 5.08. The Morgan fingerprint density at radius 2 is 1.83 bits per heavy atom. The molecular weight excluding hydrogens is 340 g/mol. The Bertz CT molecular complexity index is 994. The van der Waals surface area contributed by atoms with Gasteiger partial charge in [0.1, 0.15) is 6.26 Å². The van der Waals surface area contributed by atoms with Gasteiger partial charge in [0.25, 0.3) is 0 Å². The lowest BCUT2D eigenvalue weighted by Crippen LogP contribution is -1.85. The molecule has 0 aliphatic heterocycles. The van der Waals surface area contributed by atoms with E-state index in [-0.39, 0.29) is 0 Å². The summed E-state index contributed by atoms with van der Waals surface area (Å²) in [5, 5.41) is 1.79. The Labute approximate surface area is 148 Å². The number of hydrogen-bond acceptors (Lipinski definition) is 4. The Morgan fingerprint density at radius 1 is 1.00 bits per heavy atom. The summed E-state index contributed by atoms with van der Waals surface area (Å²) in [5.41, 5.74) is 2.69. The van der Waals surface area contributed by atoms with E-state index >= 15 is 0 Å². The molecule has 2 aromatic heterocycles. The molecular formula is C19H13ClN2OS. The predicted molar refractivity (Wildman–Crippen MR) is 98.3 cm³/mol. The highest BCUT2D eigenvalue weighted by Gasteiger charge is 2.11. The molecule has 0 saturated heterocycles. The zero-order chi connectivity index (χ0) is 16.4. The van der Waals surface area contributed by atoms with Crippen molar-refractivity contribution < 1.29 is 4.42 Å². The number of nitrogens with zero attached hydrogens (tertiary/aromatic N) is 2. The van der Waals surface area contributed by atoms with Crippen LogP contribution in [0, 0.1) is 0 Å². The highest BCUT2D eigenvalue weighted by atomic mass is 35.5. The quantitative estimate of drug-likeness (QED) is 0.433. The lowest BCUT2D eigenvalue weighted by Gasteiger charge is -2.04. The first-order valence-corrected chi connectivity index (χ1v) is 8.83. The van der Waals surface area contributed by atoms with E-state index in [1.54, 1.807) is 18.0 Å². The smallest absolute Gasteiger partial charge is 0.227 e. The van der Waals surface area contributed by atoms with Crippen molar-refractivity contribution in [3.05, 3.63) is 77.8 Å². The fraction of sp³-hybridized carbons (Fsp3) is 0.0526. The second-order valence-electron chi connectivity index (χ2n) is 5.24. The molecule has 0 aliphatic carbocycles. The maximum atomic E-state index is 6.19. The number of pyridine rings is 1. The maximum absolute atomic E-state index is 6.19. The number of hydrogen-bond donors (Lipinski definition) is 0. The number of thioether (sulfide) groups is 1. The summed E-state index contributed by atoms with van der Waals surface area (Å²) >= 11 is 7.91. The zero-order valence-electron chi connectivity index (χ0n) is 12.6. The normalized spacial score (nSPS) is 11.0. The average Bonchev–Trinajstić information content (AvgIpc) is 3.09. The van der Waals surface area contributed by atoms with E-state index in [2.05, 4.69) is 16.0 Å². The molecule has 0 bridgehead atoms. The third-order valence-electron chi connectivity index (χ3n) is 3.64. The van der Waals surface area contributed by atoms with Gasteiger partial charge >= 0.3 is 0 Å². The number of rotatable bonds is 4. The number of halogens is 1. The molecule has 0 radical (unpaired) electrons. The van der Waals surface area contributed by atoms with Crippen molar-refractivity contribution in [2.24, 2.45) is 0 Å². The lowest BCUT2D eigenvalue weighted by atomic mass is 10.2. The molecule has 0 atom stereocenters. The number of para-hydroxylation sites is 1. The molecule has 0 saturated carbocycles. The molecule has 0 spiro atoms. The molecule has 24 heavy (non-hydrogen) atoms. The van der Waals surface area contributed by atoms with Gasteiger partial charge in [0.05, 0.1) is 21.8 Å². The molecule has 0 fully saturated rings. The van der Waals surface area contributed by atoms with Crippen LogP contribution in [-0.2, 0) is 5.75 Å². The van der Waals surface area contributed by atoms with Crippen molar-refractivity contribution in [3.8, 4) is 11.5 Å². The van der Waals surface area contributed by atoms with Gasteiger partial charge in [-0.2, -0.15) is 0 Å². The van der Waals surface area contributed by atoms with E-state index in [1.807, 2.05) is 54.7 Å². The summed E-state index contributed by atoms with van der Waals surface area (Å²) in [7, 11) is 0. The summed E-state index contributed by atoms with van der Waals surface area (Å²) in [5.74, 6) is 1.28. The van der Waals surface area contributed by atoms with E-state index in [1.165, 1.54) is 4.90 Å². The Hall–Kier alpha value is -2.30. The van der Waals surface area contributed by atoms with Crippen molar-refractivity contribution in [3.63, 3.8) is 0 Å². The molecule has 2 heterocycles. The largest absolute Gasteiger partial charge is 0.444 e. The first kappa shape index (κ1) is 15.2. The number of oxazole rings is 1. The fourth-order valence-electron chi connectivity index (χ4n) is 2.48. The van der Waals surface area contributed by atoms with Crippen LogP contribution in [0.1, 0.15) is 5.69 Å². The first-order valence-electron chi connectivity index (χ1n) is 7.47. The van der Waals surface area contributed by atoms with Gasteiger partial charge in [0.15, 0.2) is 0 Å². The van der Waals surface area contributed by atoms with Gasteiger partial charge in [-0.3, -0.25) is 4.98 Å². The second-order valence-corrected chi connectivity index (χ2v) is 6.66. The highest BCUT2D eigenvalue weighted by Crippen LogP contribution is 2.31. The highest BCUT2D eigenvalue weighted by molar-refractivity contribution is 7.98. The van der Waals surface area contributed by atoms with Crippen molar-refractivity contribution in [2.45, 2.75) is 10.6 Å². The summed E-state index contributed by atoms with van der Waals surface area (Å²) in [6.45, 7) is 0. The first-order chi connectivity index (χ1) is 11.8. The minimum atomic E-state index is 0.552. The van der Waals surface area contributed by atoms with E-state index in [0.29, 0.717) is 10.9 Å². The SMILES string of the molecule is Clc1ccccc1-c1nc(CSc2ccnc3ccccc23)co1. The zero-order valence-corrected chi connectivity index (χ0v) is 14.2. The van der Waals surface area contributed by atoms with Crippen LogP contribution in [0.3, 0.4) is 0 Å². The van der Waals surface area contributed by atoms with Crippen LogP contribution in [0.2, 0.25) is 5.02 Å². The van der Waals surface area contributed by atoms with Gasteiger partial charge in [-0.05, 0) is 24.3 Å². The van der Waals surface area contributed by atoms with Crippen LogP contribution in [0.5, 0.6) is 0 Å². The van der Waals surface area contributed by atoms with E-state index in [0.717, 1.165) is 27.9 Å². The molecule has 0 N–H and O–H groups in total. The Balaban J connectivity index is 1.56. The van der Waals surface area contributed by atoms with Crippen LogP contribution in [-0.4, -0.2) is 9.97 Å². The van der Waals surface area contributed by atoms with E-state index < -0.39 is 0 Å². The second kappa shape index (κ2) is 6.67. The molecule has 0 aliphatic rings. The molecule has 5 heteroatoms. The van der Waals surface area contributed by atoms with Crippen LogP contribution >= 0.6 is 23.4 Å². The molecule has 4 rings (SSSR count). The standard InChI is InChI=1S/C19H13ClN2OS/c20-16-7-3-1-5-14(16)19-22-13(11-23-19)12-24-18-9-10-21-17-8-4-2-6-15(17)18/h1-11H,12H2. The van der Waals surface area contributed by atoms with Crippen molar-refractivity contribution in [1.29, 1.82) is 0 Å². The maximum Gasteiger partial charge on any atom is 0.227 e. The molecule has 3 nitrogen and oxygen atoms in total. The summed E-state index contributed by atoms with van der Waals surface area (Å²) < 4.78 is 5.59. The average molecular weight is 353 g/mol. The van der Waals surface area contributed by atoms with Gasteiger partial charge in [0, 0.05) is 22.2 Å². The van der Waals surface area contributed by atoms with Crippen molar-refractivity contribution in [2.75, 3.05) is 0 Å². The summed E-state index contributed by atoms with van der Waals surface area (Å²) in [6.07, 6.45) is 3.53. The summed E-state index contributed by atoms with van der Waals surface area (Å²) in [6, 6.07) is 17.7. The Morgan fingerprint density at radius 3 is 2.75 bits per heavy atom. The summed E-state index contributed by atoms with van der Waals surface area (Å²) in [4.78, 5) is 10.1. The van der Waals surface area contributed by atoms with Crippen LogP contribution in [0.15, 0.2) is 76.4 Å². The van der Waals surface area contributed by atoms with Crippen LogP contribution in [0.25, 0.3) is 22.4 Å². The molecule has 0 unspecified atom stereocenters. The lowest BCUT2D eigenvalue weighted by molar-refractivity contribution is 0.573. The van der Waals surface area contributed by atoms with Gasteiger partial charge in [-0.25, -0.2) is 4.98 Å². The molecule has 4 aromatic rings. The minimum absolute atomic E-state index is 0.552. The van der Waals surface area contributed by atoms with Crippen molar-refractivity contribution >= 4 is 34.3 Å². The predicted octanol–water partition coefficient (Wildman–Crippen LogP) is 5.84. The van der Waals surface area contributed by atoms with Crippen LogP contribution in [0.4, 0.5) is 0 Å². The topological polar surface area (TPSA) is 38.9 Å². The molecule has 2 aromatic carbocycles. The van der Waals surface area contributed by atoms with Crippen molar-refractivity contribution in [1.82, 2.24) is 9.97 Å². The number of benzene rings is 2. The van der Waals surface area contributed by atoms with Gasteiger partial charge in [-0.1, -0.05) is 41.9 Å². The monoisotopic (exact) mass is 352 g/mol. The van der Waals surface area contributed by atoms with Crippen LogP contribution < -0.4 is 0 Å². The molecule has 0 amide bonds. The van der Waals surface area contributed by atoms with Gasteiger partial charge in [0.2, 0.25) is 5.89 Å². The fourth-order valence-corrected chi connectivity index (χ4v) is 3.62. The minimum Gasteiger partial charge on any atom is -0.444 e.